The maximum Gasteiger partial charge on any atom is 0.354 e. The summed E-state index contributed by atoms with van der Waals surface area (Å²) in [5.74, 6) is -0.985. The highest BCUT2D eigenvalue weighted by Crippen LogP contribution is 2.30. The third-order valence-electron chi connectivity index (χ3n) is 3.09. The molecular formula is C12H16N2O2S. The van der Waals surface area contributed by atoms with Gasteiger partial charge in [-0.1, -0.05) is 6.42 Å². The molecular weight excluding hydrogens is 236 g/mol. The lowest BCUT2D eigenvalue weighted by molar-refractivity contribution is 0.0690. The number of aromatic carboxylic acids is 1. The van der Waals surface area contributed by atoms with E-state index in [1.165, 1.54) is 19.0 Å². The molecule has 2 N–H and O–H groups in total. The number of nitrogens with one attached hydrogen (secondary N) is 1. The van der Waals surface area contributed by atoms with E-state index in [0.717, 1.165) is 12.1 Å². The quantitative estimate of drug-likeness (QED) is 0.862. The lowest BCUT2D eigenvalue weighted by Crippen LogP contribution is -2.25. The van der Waals surface area contributed by atoms with Crippen LogP contribution in [0.25, 0.3) is 0 Å². The highest BCUT2D eigenvalue weighted by Gasteiger charge is 2.26. The van der Waals surface area contributed by atoms with E-state index < -0.39 is 5.97 Å². The molecule has 1 saturated carbocycles. The number of carboxylic acids is 1. The molecule has 1 heterocycles. The monoisotopic (exact) mass is 252 g/mol. The van der Waals surface area contributed by atoms with E-state index in [-0.39, 0.29) is 5.69 Å². The summed E-state index contributed by atoms with van der Waals surface area (Å²) in [7, 11) is 0. The van der Waals surface area contributed by atoms with Crippen molar-refractivity contribution >= 4 is 23.4 Å². The first-order chi connectivity index (χ1) is 8.20. The van der Waals surface area contributed by atoms with Crippen molar-refractivity contribution in [2.75, 3.05) is 11.6 Å². The molecule has 1 aromatic heterocycles. The van der Waals surface area contributed by atoms with Gasteiger partial charge in [-0.3, -0.25) is 0 Å². The fourth-order valence-corrected chi connectivity index (χ4v) is 3.16. The van der Waals surface area contributed by atoms with Crippen molar-refractivity contribution in [3.8, 4) is 0 Å². The maximum absolute atomic E-state index is 10.8. The summed E-state index contributed by atoms with van der Waals surface area (Å²) >= 11 is 1.88. The molecule has 5 heteroatoms. The van der Waals surface area contributed by atoms with Gasteiger partial charge in [-0.25, -0.2) is 9.78 Å². The molecule has 4 nitrogen and oxygen atoms in total. The molecule has 0 amide bonds. The number of rotatable bonds is 4. The van der Waals surface area contributed by atoms with Crippen molar-refractivity contribution in [2.45, 2.75) is 30.6 Å². The summed E-state index contributed by atoms with van der Waals surface area (Å²) < 4.78 is 0. The predicted octanol–water partition coefficient (Wildman–Crippen LogP) is 2.48. The number of thioether (sulfide) groups is 1. The molecule has 2 unspecified atom stereocenters. The summed E-state index contributed by atoms with van der Waals surface area (Å²) in [6.45, 7) is 0. The molecule has 1 aliphatic rings. The molecule has 1 aliphatic carbocycles. The van der Waals surface area contributed by atoms with Gasteiger partial charge in [0.05, 0.1) is 0 Å². The van der Waals surface area contributed by atoms with Gasteiger partial charge in [0, 0.05) is 23.2 Å². The van der Waals surface area contributed by atoms with Crippen LogP contribution in [0, 0.1) is 0 Å². The molecule has 0 aliphatic heterocycles. The molecule has 92 valence electrons. The summed E-state index contributed by atoms with van der Waals surface area (Å²) in [4.78, 5) is 14.6. The maximum atomic E-state index is 10.8. The van der Waals surface area contributed by atoms with Crippen molar-refractivity contribution in [2.24, 2.45) is 0 Å². The van der Waals surface area contributed by atoms with Gasteiger partial charge in [-0.2, -0.15) is 11.8 Å². The van der Waals surface area contributed by atoms with Crippen LogP contribution in [0.5, 0.6) is 0 Å². The van der Waals surface area contributed by atoms with Crippen molar-refractivity contribution < 1.29 is 9.90 Å². The number of nitrogens with zero attached hydrogens (tertiary/aromatic N) is 1. The predicted molar refractivity (Wildman–Crippen MR) is 69.8 cm³/mol. The second kappa shape index (κ2) is 5.40. The molecule has 2 rings (SSSR count). The highest BCUT2D eigenvalue weighted by molar-refractivity contribution is 7.99. The van der Waals surface area contributed by atoms with Crippen LogP contribution in [0.2, 0.25) is 0 Å². The smallest absolute Gasteiger partial charge is 0.354 e. The average molecular weight is 252 g/mol. The van der Waals surface area contributed by atoms with Gasteiger partial charge >= 0.3 is 5.97 Å². The van der Waals surface area contributed by atoms with Gasteiger partial charge in [-0.05, 0) is 31.2 Å². The van der Waals surface area contributed by atoms with Crippen molar-refractivity contribution in [1.82, 2.24) is 4.98 Å². The highest BCUT2D eigenvalue weighted by atomic mass is 32.2. The molecule has 0 bridgehead atoms. The van der Waals surface area contributed by atoms with Gasteiger partial charge in [0.2, 0.25) is 0 Å². The fourth-order valence-electron chi connectivity index (χ4n) is 2.22. The lowest BCUT2D eigenvalue weighted by atomic mass is 10.2. The summed E-state index contributed by atoms with van der Waals surface area (Å²) in [6, 6.07) is 3.86. The SMILES string of the molecule is CSC1CCCC1Nc1ccnc(C(=O)O)c1. The fraction of sp³-hybridized carbons (Fsp3) is 0.500. The third-order valence-corrected chi connectivity index (χ3v) is 4.26. The van der Waals surface area contributed by atoms with Gasteiger partial charge in [0.25, 0.3) is 0 Å². The minimum Gasteiger partial charge on any atom is -0.477 e. The zero-order valence-corrected chi connectivity index (χ0v) is 10.5. The second-order valence-electron chi connectivity index (χ2n) is 4.19. The Morgan fingerprint density at radius 1 is 1.59 bits per heavy atom. The Morgan fingerprint density at radius 3 is 3.12 bits per heavy atom. The van der Waals surface area contributed by atoms with Gasteiger partial charge < -0.3 is 10.4 Å². The molecule has 17 heavy (non-hydrogen) atoms. The minimum atomic E-state index is -0.985. The Kier molecular flexibility index (Phi) is 3.89. The number of hydrogen-bond acceptors (Lipinski definition) is 4. The zero-order chi connectivity index (χ0) is 12.3. The number of carbonyl (C=O) groups is 1. The number of hydrogen-bond donors (Lipinski definition) is 2. The average Bonchev–Trinajstić information content (AvgIpc) is 2.76. The van der Waals surface area contributed by atoms with E-state index in [2.05, 4.69) is 16.6 Å². The number of carboxylic acid groups (broad SMARTS) is 1. The standard InChI is InChI=1S/C12H16N2O2S/c1-17-11-4-2-3-9(11)14-8-5-6-13-10(7-8)12(15)16/h5-7,9,11H,2-4H2,1H3,(H,13,14)(H,15,16). The molecule has 2 atom stereocenters. The van der Waals surface area contributed by atoms with E-state index in [1.54, 1.807) is 6.07 Å². The summed E-state index contributed by atoms with van der Waals surface area (Å²) in [6.07, 6.45) is 7.28. The van der Waals surface area contributed by atoms with Crippen molar-refractivity contribution in [1.29, 1.82) is 0 Å². The van der Waals surface area contributed by atoms with E-state index >= 15 is 0 Å². The van der Waals surface area contributed by atoms with E-state index in [9.17, 15) is 4.79 Å². The Labute approximate surface area is 105 Å². The molecule has 0 radical (unpaired) electrons. The van der Waals surface area contributed by atoms with Crippen molar-refractivity contribution in [3.63, 3.8) is 0 Å². The van der Waals surface area contributed by atoms with Crippen LogP contribution < -0.4 is 5.32 Å². The van der Waals surface area contributed by atoms with Crippen LogP contribution >= 0.6 is 11.8 Å². The number of aromatic nitrogens is 1. The van der Waals surface area contributed by atoms with Crippen LogP contribution in [-0.4, -0.2) is 33.6 Å². The normalized spacial score (nSPS) is 23.6. The van der Waals surface area contributed by atoms with Crippen LogP contribution in [0.4, 0.5) is 5.69 Å². The van der Waals surface area contributed by atoms with Gasteiger partial charge in [0.1, 0.15) is 5.69 Å². The van der Waals surface area contributed by atoms with Crippen LogP contribution in [0.15, 0.2) is 18.3 Å². The number of pyridine rings is 1. The number of anilines is 1. The molecule has 0 aromatic carbocycles. The minimum absolute atomic E-state index is 0.0914. The molecule has 1 fully saturated rings. The molecule has 1 aromatic rings. The van der Waals surface area contributed by atoms with Crippen LogP contribution in [-0.2, 0) is 0 Å². The Balaban J connectivity index is 2.07. The Morgan fingerprint density at radius 2 is 2.41 bits per heavy atom. The summed E-state index contributed by atoms with van der Waals surface area (Å²) in [5, 5.41) is 12.9. The van der Waals surface area contributed by atoms with Gasteiger partial charge in [-0.15, -0.1) is 0 Å². The van der Waals surface area contributed by atoms with Crippen LogP contribution in [0.3, 0.4) is 0 Å². The first kappa shape index (κ1) is 12.2. The van der Waals surface area contributed by atoms with E-state index in [0.29, 0.717) is 11.3 Å². The van der Waals surface area contributed by atoms with Crippen molar-refractivity contribution in [3.05, 3.63) is 24.0 Å². The second-order valence-corrected chi connectivity index (χ2v) is 5.27. The van der Waals surface area contributed by atoms with E-state index in [1.807, 2.05) is 17.8 Å². The zero-order valence-electron chi connectivity index (χ0n) is 9.72. The lowest BCUT2D eigenvalue weighted by Gasteiger charge is -2.20. The molecule has 0 saturated heterocycles. The van der Waals surface area contributed by atoms with Gasteiger partial charge in [0.15, 0.2) is 0 Å². The largest absolute Gasteiger partial charge is 0.477 e. The van der Waals surface area contributed by atoms with Crippen LogP contribution in [0.1, 0.15) is 29.8 Å². The Bertz CT molecular complexity index is 411. The topological polar surface area (TPSA) is 62.2 Å². The molecule has 0 spiro atoms. The first-order valence-electron chi connectivity index (χ1n) is 5.69. The van der Waals surface area contributed by atoms with E-state index in [4.69, 9.17) is 5.11 Å². The third kappa shape index (κ3) is 2.91. The Hall–Kier alpha value is -1.23. The summed E-state index contributed by atoms with van der Waals surface area (Å²) in [5.41, 5.74) is 0.942. The first-order valence-corrected chi connectivity index (χ1v) is 6.98.